The van der Waals surface area contributed by atoms with Crippen molar-refractivity contribution in [3.05, 3.63) is 0 Å². The number of hydrogen-bond acceptors (Lipinski definition) is 2. The summed E-state index contributed by atoms with van der Waals surface area (Å²) in [7, 11) is 0. The lowest BCUT2D eigenvalue weighted by Gasteiger charge is -2.28. The highest BCUT2D eigenvalue weighted by atomic mass is 19.4. The largest absolute Gasteiger partial charge is 0.401 e. The topological polar surface area (TPSA) is 32.3 Å². The summed E-state index contributed by atoms with van der Waals surface area (Å²) in [6.07, 6.45) is -1.53. The van der Waals surface area contributed by atoms with Crippen LogP contribution in [0, 0.1) is 0 Å². The van der Waals surface area contributed by atoms with Crippen LogP contribution in [0.25, 0.3) is 0 Å². The van der Waals surface area contributed by atoms with Crippen molar-refractivity contribution in [3.8, 4) is 0 Å². The molecule has 2 unspecified atom stereocenters. The van der Waals surface area contributed by atoms with Crippen LogP contribution in [0.2, 0.25) is 0 Å². The Morgan fingerprint density at radius 2 is 2.06 bits per heavy atom. The molecule has 0 aromatic heterocycles. The van der Waals surface area contributed by atoms with E-state index in [9.17, 15) is 18.0 Å². The van der Waals surface area contributed by atoms with Crippen LogP contribution in [0.15, 0.2) is 0 Å². The van der Waals surface area contributed by atoms with Gasteiger partial charge in [-0.2, -0.15) is 13.2 Å². The molecule has 2 atom stereocenters. The van der Waals surface area contributed by atoms with Crippen molar-refractivity contribution in [2.45, 2.75) is 51.4 Å². The lowest BCUT2D eigenvalue weighted by Crippen LogP contribution is -2.45. The molecule has 1 saturated heterocycles. The highest BCUT2D eigenvalue weighted by molar-refractivity contribution is 5.79. The number of nitrogens with one attached hydrogen (secondary N) is 1. The van der Waals surface area contributed by atoms with Crippen molar-refractivity contribution in [1.82, 2.24) is 10.2 Å². The predicted octanol–water partition coefficient (Wildman–Crippen LogP) is 1.93. The van der Waals surface area contributed by atoms with Gasteiger partial charge in [-0.15, -0.1) is 0 Å². The van der Waals surface area contributed by atoms with E-state index in [-0.39, 0.29) is 24.5 Å². The molecule has 100 valence electrons. The first-order valence-electron chi connectivity index (χ1n) is 5.93. The number of halogens is 3. The maximum Gasteiger partial charge on any atom is 0.401 e. The summed E-state index contributed by atoms with van der Waals surface area (Å²) in [5, 5.41) is 2.15. The zero-order chi connectivity index (χ0) is 13.1. The van der Waals surface area contributed by atoms with Crippen molar-refractivity contribution in [2.75, 3.05) is 13.1 Å². The third kappa shape index (κ3) is 4.18. The van der Waals surface area contributed by atoms with E-state index in [1.54, 1.807) is 4.90 Å². The Morgan fingerprint density at radius 3 is 2.59 bits per heavy atom. The van der Waals surface area contributed by atoms with Gasteiger partial charge in [0.25, 0.3) is 0 Å². The fourth-order valence-corrected chi connectivity index (χ4v) is 2.32. The second-order valence-electron chi connectivity index (χ2n) is 4.51. The van der Waals surface area contributed by atoms with Crippen molar-refractivity contribution >= 4 is 5.91 Å². The predicted molar refractivity (Wildman–Crippen MR) is 58.5 cm³/mol. The second kappa shape index (κ2) is 5.71. The van der Waals surface area contributed by atoms with E-state index < -0.39 is 12.7 Å². The summed E-state index contributed by atoms with van der Waals surface area (Å²) in [4.78, 5) is 13.5. The van der Waals surface area contributed by atoms with Gasteiger partial charge in [-0.25, -0.2) is 0 Å². The molecule has 17 heavy (non-hydrogen) atoms. The van der Waals surface area contributed by atoms with Crippen molar-refractivity contribution < 1.29 is 18.0 Å². The van der Waals surface area contributed by atoms with Gasteiger partial charge in [0, 0.05) is 12.1 Å². The summed E-state index contributed by atoms with van der Waals surface area (Å²) in [5.74, 6) is -0.230. The Balaban J connectivity index is 2.41. The van der Waals surface area contributed by atoms with Gasteiger partial charge >= 0.3 is 6.18 Å². The molecular weight excluding hydrogens is 233 g/mol. The fourth-order valence-electron chi connectivity index (χ4n) is 2.32. The number of nitrogens with zero attached hydrogens (tertiary/aromatic N) is 1. The molecule has 1 fully saturated rings. The molecule has 0 spiro atoms. The van der Waals surface area contributed by atoms with E-state index in [1.165, 1.54) is 0 Å². The molecule has 6 heteroatoms. The van der Waals surface area contributed by atoms with Gasteiger partial charge in [0.1, 0.15) is 0 Å². The maximum atomic E-state index is 11.9. The number of hydrogen-bond donors (Lipinski definition) is 1. The van der Waals surface area contributed by atoms with Gasteiger partial charge < -0.3 is 10.2 Å². The van der Waals surface area contributed by atoms with E-state index >= 15 is 0 Å². The molecule has 1 N–H and O–H groups in total. The Morgan fingerprint density at radius 1 is 1.41 bits per heavy atom. The molecular formula is C11H19F3N2O. The Labute approximate surface area is 99.4 Å². The molecule has 0 aromatic carbocycles. The molecule has 1 aliphatic rings. The second-order valence-corrected chi connectivity index (χ2v) is 4.51. The normalized spacial score (nSPS) is 25.4. The van der Waals surface area contributed by atoms with Gasteiger partial charge in [-0.3, -0.25) is 4.79 Å². The van der Waals surface area contributed by atoms with Crippen LogP contribution in [0.3, 0.4) is 0 Å². The zero-order valence-corrected chi connectivity index (χ0v) is 10.2. The van der Waals surface area contributed by atoms with Crippen LogP contribution in [-0.2, 0) is 4.79 Å². The monoisotopic (exact) mass is 252 g/mol. The molecule has 0 aromatic rings. The van der Waals surface area contributed by atoms with E-state index in [0.717, 1.165) is 19.3 Å². The summed E-state index contributed by atoms with van der Waals surface area (Å²) in [6, 6.07) is 0.324. The zero-order valence-electron chi connectivity index (χ0n) is 10.2. The number of likely N-dealkylation sites (tertiary alicyclic amines) is 1. The molecule has 0 radical (unpaired) electrons. The molecule has 1 aliphatic heterocycles. The lowest BCUT2D eigenvalue weighted by atomic mass is 10.1. The number of alkyl halides is 3. The molecule has 1 heterocycles. The van der Waals surface area contributed by atoms with Gasteiger partial charge in [-0.1, -0.05) is 6.92 Å². The van der Waals surface area contributed by atoms with Gasteiger partial charge in [-0.05, 0) is 26.2 Å². The summed E-state index contributed by atoms with van der Waals surface area (Å²) >= 11 is 0. The maximum absolute atomic E-state index is 11.9. The third-order valence-corrected chi connectivity index (χ3v) is 3.15. The van der Waals surface area contributed by atoms with E-state index in [2.05, 4.69) is 5.32 Å². The third-order valence-electron chi connectivity index (χ3n) is 3.15. The summed E-state index contributed by atoms with van der Waals surface area (Å²) in [5.41, 5.74) is 0. The molecule has 3 nitrogen and oxygen atoms in total. The first kappa shape index (κ1) is 14.3. The summed E-state index contributed by atoms with van der Waals surface area (Å²) < 4.78 is 35.7. The van der Waals surface area contributed by atoms with Crippen LogP contribution in [0.4, 0.5) is 13.2 Å². The van der Waals surface area contributed by atoms with Gasteiger partial charge in [0.2, 0.25) is 5.91 Å². The number of rotatable bonds is 4. The van der Waals surface area contributed by atoms with Crippen LogP contribution < -0.4 is 5.32 Å². The SMILES string of the molecule is CCC1CCC(C)N1C(=O)CNCC(F)(F)F. The standard InChI is InChI=1S/C11H19F3N2O/c1-3-9-5-4-8(2)16(9)10(17)6-15-7-11(12,13)14/h8-9,15H,3-7H2,1-2H3. The van der Waals surface area contributed by atoms with Crippen LogP contribution in [-0.4, -0.2) is 42.2 Å². The minimum atomic E-state index is -4.26. The number of carbonyl (C=O) groups is 1. The average molecular weight is 252 g/mol. The smallest absolute Gasteiger partial charge is 0.336 e. The highest BCUT2D eigenvalue weighted by Gasteiger charge is 2.33. The molecule has 0 bridgehead atoms. The Bertz CT molecular complexity index is 268. The van der Waals surface area contributed by atoms with E-state index in [1.807, 2.05) is 13.8 Å². The Kier molecular flexibility index (Phi) is 4.80. The summed E-state index contributed by atoms with van der Waals surface area (Å²) in [6.45, 7) is 2.58. The Hall–Kier alpha value is -0.780. The van der Waals surface area contributed by atoms with Crippen molar-refractivity contribution in [2.24, 2.45) is 0 Å². The van der Waals surface area contributed by atoms with Gasteiger partial charge in [0.15, 0.2) is 0 Å². The fraction of sp³-hybridized carbons (Fsp3) is 0.909. The number of amides is 1. The minimum Gasteiger partial charge on any atom is -0.336 e. The van der Waals surface area contributed by atoms with Crippen molar-refractivity contribution in [3.63, 3.8) is 0 Å². The number of carbonyl (C=O) groups excluding carboxylic acids is 1. The first-order valence-corrected chi connectivity index (χ1v) is 5.93. The molecule has 1 amide bonds. The van der Waals surface area contributed by atoms with Gasteiger partial charge in [0.05, 0.1) is 13.1 Å². The average Bonchev–Trinajstić information content (AvgIpc) is 2.57. The quantitative estimate of drug-likeness (QED) is 0.829. The minimum absolute atomic E-state index is 0.139. The molecule has 1 rings (SSSR count). The van der Waals surface area contributed by atoms with Crippen molar-refractivity contribution in [1.29, 1.82) is 0 Å². The van der Waals surface area contributed by atoms with E-state index in [0.29, 0.717) is 0 Å². The van der Waals surface area contributed by atoms with Crippen LogP contribution in [0.5, 0.6) is 0 Å². The van der Waals surface area contributed by atoms with E-state index in [4.69, 9.17) is 0 Å². The highest BCUT2D eigenvalue weighted by Crippen LogP contribution is 2.25. The molecule has 0 aliphatic carbocycles. The van der Waals surface area contributed by atoms with Crippen LogP contribution in [0.1, 0.15) is 33.1 Å². The molecule has 0 saturated carbocycles. The van der Waals surface area contributed by atoms with Crippen LogP contribution >= 0.6 is 0 Å². The first-order chi connectivity index (χ1) is 7.85. The lowest BCUT2D eigenvalue weighted by molar-refractivity contribution is -0.136.